The van der Waals surface area contributed by atoms with E-state index in [0.717, 1.165) is 16.8 Å². The summed E-state index contributed by atoms with van der Waals surface area (Å²) in [6, 6.07) is 5.83. The smallest absolute Gasteiger partial charge is 0.239 e. The standard InChI is InChI=1S/C19H27N3O3/c1-13-6-7-14(2)16(12-13)20-17(24)19(4,5)18(25)22-10-8-21(9-11-22)15(3)23/h6-7,12H,8-11H2,1-5H3,(H,20,24). The van der Waals surface area contributed by atoms with Gasteiger partial charge in [0, 0.05) is 38.8 Å². The zero-order valence-corrected chi connectivity index (χ0v) is 15.7. The Morgan fingerprint density at radius 3 is 2.12 bits per heavy atom. The van der Waals surface area contributed by atoms with Gasteiger partial charge in [-0.1, -0.05) is 12.1 Å². The van der Waals surface area contributed by atoms with Crippen LogP contribution in [0, 0.1) is 19.3 Å². The zero-order valence-electron chi connectivity index (χ0n) is 15.7. The second-order valence-electron chi connectivity index (χ2n) is 7.20. The summed E-state index contributed by atoms with van der Waals surface area (Å²) in [7, 11) is 0. The van der Waals surface area contributed by atoms with Crippen LogP contribution in [0.4, 0.5) is 5.69 Å². The van der Waals surface area contributed by atoms with Gasteiger partial charge in [0.15, 0.2) is 0 Å². The highest BCUT2D eigenvalue weighted by atomic mass is 16.2. The van der Waals surface area contributed by atoms with Gasteiger partial charge < -0.3 is 15.1 Å². The van der Waals surface area contributed by atoms with Crippen molar-refractivity contribution < 1.29 is 14.4 Å². The van der Waals surface area contributed by atoms with Gasteiger partial charge in [0.25, 0.3) is 0 Å². The maximum absolute atomic E-state index is 12.8. The van der Waals surface area contributed by atoms with Crippen LogP contribution in [0.3, 0.4) is 0 Å². The van der Waals surface area contributed by atoms with E-state index in [1.54, 1.807) is 23.6 Å². The van der Waals surface area contributed by atoms with Gasteiger partial charge in [-0.25, -0.2) is 0 Å². The number of rotatable bonds is 3. The summed E-state index contributed by atoms with van der Waals surface area (Å²) in [6.45, 7) is 10.6. The number of amides is 3. The van der Waals surface area contributed by atoms with Gasteiger partial charge in [0.1, 0.15) is 5.41 Å². The lowest BCUT2D eigenvalue weighted by atomic mass is 9.89. The second kappa shape index (κ2) is 7.25. The van der Waals surface area contributed by atoms with Crippen LogP contribution in [0.15, 0.2) is 18.2 Å². The average Bonchev–Trinajstić information content (AvgIpc) is 2.57. The number of benzene rings is 1. The van der Waals surface area contributed by atoms with E-state index in [-0.39, 0.29) is 17.7 Å². The molecule has 1 aliphatic rings. The molecule has 2 rings (SSSR count). The van der Waals surface area contributed by atoms with Crippen molar-refractivity contribution in [2.45, 2.75) is 34.6 Å². The van der Waals surface area contributed by atoms with Crippen LogP contribution >= 0.6 is 0 Å². The molecule has 0 aliphatic carbocycles. The lowest BCUT2D eigenvalue weighted by Gasteiger charge is -2.37. The maximum atomic E-state index is 12.8. The summed E-state index contributed by atoms with van der Waals surface area (Å²) in [5, 5.41) is 2.89. The Bertz CT molecular complexity index is 689. The molecule has 0 atom stereocenters. The maximum Gasteiger partial charge on any atom is 0.239 e. The lowest BCUT2D eigenvalue weighted by Crippen LogP contribution is -2.55. The van der Waals surface area contributed by atoms with E-state index in [0.29, 0.717) is 26.2 Å². The van der Waals surface area contributed by atoms with Crippen LogP contribution in [0.5, 0.6) is 0 Å². The van der Waals surface area contributed by atoms with Crippen LogP contribution < -0.4 is 5.32 Å². The number of anilines is 1. The van der Waals surface area contributed by atoms with E-state index in [1.807, 2.05) is 32.0 Å². The minimum atomic E-state index is -1.17. The van der Waals surface area contributed by atoms with Crippen molar-refractivity contribution in [3.05, 3.63) is 29.3 Å². The van der Waals surface area contributed by atoms with Crippen molar-refractivity contribution in [2.75, 3.05) is 31.5 Å². The zero-order chi connectivity index (χ0) is 18.8. The van der Waals surface area contributed by atoms with Crippen LogP contribution in [0.25, 0.3) is 0 Å². The van der Waals surface area contributed by atoms with Gasteiger partial charge in [0.2, 0.25) is 17.7 Å². The van der Waals surface area contributed by atoms with Crippen molar-refractivity contribution in [2.24, 2.45) is 5.41 Å². The van der Waals surface area contributed by atoms with Crippen molar-refractivity contribution in [1.82, 2.24) is 9.80 Å². The minimum absolute atomic E-state index is 0.0130. The first kappa shape index (κ1) is 19.0. The number of aryl methyl sites for hydroxylation is 2. The van der Waals surface area contributed by atoms with Gasteiger partial charge in [-0.2, -0.15) is 0 Å². The molecule has 0 unspecified atom stereocenters. The molecule has 0 spiro atoms. The van der Waals surface area contributed by atoms with Crippen LogP contribution in [-0.2, 0) is 14.4 Å². The van der Waals surface area contributed by atoms with Gasteiger partial charge in [-0.05, 0) is 44.9 Å². The first-order valence-corrected chi connectivity index (χ1v) is 8.56. The molecule has 1 aromatic carbocycles. The van der Waals surface area contributed by atoms with Crippen LogP contribution in [-0.4, -0.2) is 53.7 Å². The molecule has 0 bridgehead atoms. The molecule has 1 aliphatic heterocycles. The number of carbonyl (C=O) groups is 3. The Morgan fingerprint density at radius 1 is 1.00 bits per heavy atom. The Balaban J connectivity index is 2.06. The molecular weight excluding hydrogens is 318 g/mol. The van der Waals surface area contributed by atoms with E-state index in [2.05, 4.69) is 5.32 Å². The molecule has 6 nitrogen and oxygen atoms in total. The molecule has 1 fully saturated rings. The first-order valence-electron chi connectivity index (χ1n) is 8.56. The minimum Gasteiger partial charge on any atom is -0.339 e. The fourth-order valence-corrected chi connectivity index (χ4v) is 2.87. The molecule has 1 aromatic rings. The number of nitrogens with zero attached hydrogens (tertiary/aromatic N) is 2. The van der Waals surface area contributed by atoms with E-state index in [9.17, 15) is 14.4 Å². The fourth-order valence-electron chi connectivity index (χ4n) is 2.87. The summed E-state index contributed by atoms with van der Waals surface area (Å²) in [5.41, 5.74) is 1.56. The second-order valence-corrected chi connectivity index (χ2v) is 7.20. The van der Waals surface area contributed by atoms with E-state index in [1.165, 1.54) is 6.92 Å². The highest BCUT2D eigenvalue weighted by Crippen LogP contribution is 2.24. The predicted octanol–water partition coefficient (Wildman–Crippen LogP) is 1.96. The number of hydrogen-bond acceptors (Lipinski definition) is 3. The predicted molar refractivity (Wildman–Crippen MR) is 97.2 cm³/mol. The van der Waals surface area contributed by atoms with Crippen molar-refractivity contribution in [1.29, 1.82) is 0 Å². The summed E-state index contributed by atoms with van der Waals surface area (Å²) in [5.74, 6) is -0.516. The van der Waals surface area contributed by atoms with E-state index in [4.69, 9.17) is 0 Å². The molecule has 0 aromatic heterocycles. The highest BCUT2D eigenvalue weighted by Gasteiger charge is 2.40. The monoisotopic (exact) mass is 345 g/mol. The average molecular weight is 345 g/mol. The molecule has 3 amide bonds. The normalized spacial score (nSPS) is 15.1. The number of hydrogen-bond donors (Lipinski definition) is 1. The molecule has 1 heterocycles. The summed E-state index contributed by atoms with van der Waals surface area (Å²) in [6.07, 6.45) is 0. The SMILES string of the molecule is CC(=O)N1CCN(C(=O)C(C)(C)C(=O)Nc2cc(C)ccc2C)CC1. The third-order valence-electron chi connectivity index (χ3n) is 4.76. The fraction of sp³-hybridized carbons (Fsp3) is 0.526. The van der Waals surface area contributed by atoms with E-state index < -0.39 is 5.41 Å². The van der Waals surface area contributed by atoms with Crippen LogP contribution in [0.2, 0.25) is 0 Å². The first-order chi connectivity index (χ1) is 11.6. The molecule has 1 N–H and O–H groups in total. The quantitative estimate of drug-likeness (QED) is 0.852. The third-order valence-corrected chi connectivity index (χ3v) is 4.76. The molecule has 0 saturated carbocycles. The Labute approximate surface area is 149 Å². The van der Waals surface area contributed by atoms with Crippen molar-refractivity contribution in [3.63, 3.8) is 0 Å². The number of nitrogens with one attached hydrogen (secondary N) is 1. The van der Waals surface area contributed by atoms with Gasteiger partial charge in [0.05, 0.1) is 0 Å². The molecule has 0 radical (unpaired) electrons. The molecular formula is C19H27N3O3. The lowest BCUT2D eigenvalue weighted by molar-refractivity contribution is -0.149. The molecule has 25 heavy (non-hydrogen) atoms. The Morgan fingerprint density at radius 2 is 1.56 bits per heavy atom. The van der Waals surface area contributed by atoms with Gasteiger partial charge >= 0.3 is 0 Å². The summed E-state index contributed by atoms with van der Waals surface area (Å²) in [4.78, 5) is 40.4. The third kappa shape index (κ3) is 4.18. The Kier molecular flexibility index (Phi) is 5.50. The largest absolute Gasteiger partial charge is 0.339 e. The van der Waals surface area contributed by atoms with Gasteiger partial charge in [-0.3, -0.25) is 14.4 Å². The number of carbonyl (C=O) groups excluding carboxylic acids is 3. The summed E-state index contributed by atoms with van der Waals surface area (Å²) >= 11 is 0. The van der Waals surface area contributed by atoms with Crippen molar-refractivity contribution >= 4 is 23.4 Å². The Hall–Kier alpha value is -2.37. The van der Waals surface area contributed by atoms with Gasteiger partial charge in [-0.15, -0.1) is 0 Å². The number of piperazine rings is 1. The summed E-state index contributed by atoms with van der Waals surface area (Å²) < 4.78 is 0. The van der Waals surface area contributed by atoms with E-state index >= 15 is 0 Å². The topological polar surface area (TPSA) is 69.7 Å². The van der Waals surface area contributed by atoms with Crippen LogP contribution in [0.1, 0.15) is 31.9 Å². The highest BCUT2D eigenvalue weighted by molar-refractivity contribution is 6.10. The molecule has 6 heteroatoms. The molecule has 136 valence electrons. The van der Waals surface area contributed by atoms with Crippen molar-refractivity contribution in [3.8, 4) is 0 Å². The molecule has 1 saturated heterocycles.